The summed E-state index contributed by atoms with van der Waals surface area (Å²) in [6, 6.07) is 13.2. The van der Waals surface area contributed by atoms with Crippen molar-refractivity contribution in [3.63, 3.8) is 0 Å². The zero-order valence-electron chi connectivity index (χ0n) is 16.8. The molecule has 0 unspecified atom stereocenters. The van der Waals surface area contributed by atoms with Gasteiger partial charge in [-0.15, -0.1) is 0 Å². The minimum atomic E-state index is -0.274. The van der Waals surface area contributed by atoms with Crippen LogP contribution in [0.15, 0.2) is 42.5 Å². The van der Waals surface area contributed by atoms with Crippen LogP contribution in [0.4, 0.5) is 17.3 Å². The number of nitrogens with zero attached hydrogens (tertiary/aromatic N) is 2. The van der Waals surface area contributed by atoms with Crippen molar-refractivity contribution >= 4 is 23.2 Å². The zero-order valence-corrected chi connectivity index (χ0v) is 16.8. The molecule has 2 aromatic carbocycles. The van der Waals surface area contributed by atoms with Gasteiger partial charge in [0.25, 0.3) is 5.91 Å². The van der Waals surface area contributed by atoms with Crippen LogP contribution in [0, 0.1) is 27.7 Å². The second-order valence-corrected chi connectivity index (χ2v) is 6.77. The summed E-state index contributed by atoms with van der Waals surface area (Å²) in [5, 5.41) is 6.11. The fourth-order valence-corrected chi connectivity index (χ4v) is 3.16. The van der Waals surface area contributed by atoms with Gasteiger partial charge in [-0.1, -0.05) is 29.8 Å². The fourth-order valence-electron chi connectivity index (χ4n) is 3.16. The second kappa shape index (κ2) is 8.08. The van der Waals surface area contributed by atoms with Gasteiger partial charge in [-0.25, -0.2) is 9.97 Å². The van der Waals surface area contributed by atoms with Crippen LogP contribution in [-0.4, -0.2) is 23.0 Å². The summed E-state index contributed by atoms with van der Waals surface area (Å²) in [5.41, 5.74) is 5.72. The molecule has 3 aromatic rings. The number of rotatable bonds is 5. The highest BCUT2D eigenvalue weighted by molar-refractivity contribution is 6.04. The van der Waals surface area contributed by atoms with Gasteiger partial charge in [0.15, 0.2) is 0 Å². The van der Waals surface area contributed by atoms with Gasteiger partial charge in [-0.3, -0.25) is 4.79 Å². The van der Waals surface area contributed by atoms with Crippen molar-refractivity contribution in [3.05, 3.63) is 70.5 Å². The number of anilines is 3. The van der Waals surface area contributed by atoms with Gasteiger partial charge in [0.1, 0.15) is 11.4 Å². The summed E-state index contributed by atoms with van der Waals surface area (Å²) in [4.78, 5) is 21.6. The largest absolute Gasteiger partial charge is 0.495 e. The van der Waals surface area contributed by atoms with Crippen molar-refractivity contribution < 1.29 is 9.53 Å². The maximum Gasteiger partial charge on any atom is 0.274 e. The lowest BCUT2D eigenvalue weighted by molar-refractivity contribution is 0.102. The first kappa shape index (κ1) is 19.4. The first-order valence-electron chi connectivity index (χ1n) is 9.02. The average Bonchev–Trinajstić information content (AvgIpc) is 2.64. The number of para-hydroxylation sites is 2. The maximum atomic E-state index is 12.8. The molecule has 6 heteroatoms. The molecule has 1 amide bonds. The van der Waals surface area contributed by atoms with Crippen molar-refractivity contribution in [3.8, 4) is 5.75 Å². The molecule has 144 valence electrons. The molecule has 0 bridgehead atoms. The van der Waals surface area contributed by atoms with E-state index in [1.165, 1.54) is 0 Å². The number of benzene rings is 2. The number of aryl methyl sites for hydroxylation is 4. The van der Waals surface area contributed by atoms with Crippen molar-refractivity contribution in [2.45, 2.75) is 27.7 Å². The number of hydrogen-bond donors (Lipinski definition) is 2. The smallest absolute Gasteiger partial charge is 0.274 e. The van der Waals surface area contributed by atoms with E-state index in [9.17, 15) is 4.79 Å². The lowest BCUT2D eigenvalue weighted by Gasteiger charge is -2.14. The topological polar surface area (TPSA) is 76.1 Å². The number of methoxy groups -OCH3 is 1. The minimum Gasteiger partial charge on any atom is -0.495 e. The molecule has 2 N–H and O–H groups in total. The van der Waals surface area contributed by atoms with Crippen molar-refractivity contribution in [2.24, 2.45) is 0 Å². The van der Waals surface area contributed by atoms with E-state index in [1.54, 1.807) is 13.2 Å². The summed E-state index contributed by atoms with van der Waals surface area (Å²) in [6.45, 7) is 7.83. The molecule has 0 atom stereocenters. The SMILES string of the molecule is COc1ccccc1Nc1nc(C)cc(C(=O)Nc2c(C)cc(C)cc2C)n1. The second-order valence-electron chi connectivity index (χ2n) is 6.77. The maximum absolute atomic E-state index is 12.8. The Balaban J connectivity index is 1.88. The van der Waals surface area contributed by atoms with Crippen LogP contribution in [0.5, 0.6) is 5.75 Å². The van der Waals surface area contributed by atoms with E-state index in [1.807, 2.05) is 64.1 Å². The summed E-state index contributed by atoms with van der Waals surface area (Å²) in [5.74, 6) is 0.736. The molecule has 28 heavy (non-hydrogen) atoms. The van der Waals surface area contributed by atoms with E-state index in [2.05, 4.69) is 20.6 Å². The number of ether oxygens (including phenoxy) is 1. The molecule has 3 rings (SSSR count). The number of carbonyl (C=O) groups excluding carboxylic acids is 1. The number of amides is 1. The Morgan fingerprint density at radius 3 is 2.32 bits per heavy atom. The van der Waals surface area contributed by atoms with Crippen LogP contribution in [0.2, 0.25) is 0 Å². The highest BCUT2D eigenvalue weighted by atomic mass is 16.5. The number of nitrogens with one attached hydrogen (secondary N) is 2. The van der Waals surface area contributed by atoms with E-state index >= 15 is 0 Å². The monoisotopic (exact) mass is 376 g/mol. The van der Waals surface area contributed by atoms with E-state index < -0.39 is 0 Å². The molecular formula is C22H24N4O2. The standard InChI is InChI=1S/C22H24N4O2/c1-13-10-14(2)20(15(3)11-13)26-21(27)18-12-16(4)23-22(25-18)24-17-8-6-7-9-19(17)28-5/h6-12H,1-5H3,(H,26,27)(H,23,24,25). The predicted octanol–water partition coefficient (Wildman–Crippen LogP) is 4.71. The number of carbonyl (C=O) groups is 1. The molecule has 0 saturated heterocycles. The van der Waals surface area contributed by atoms with Crippen LogP contribution in [-0.2, 0) is 0 Å². The van der Waals surface area contributed by atoms with Gasteiger partial charge in [-0.05, 0) is 57.0 Å². The Morgan fingerprint density at radius 1 is 0.964 bits per heavy atom. The Kier molecular flexibility index (Phi) is 5.59. The third-order valence-electron chi connectivity index (χ3n) is 4.36. The number of aromatic nitrogens is 2. The molecule has 1 heterocycles. The summed E-state index contributed by atoms with van der Waals surface area (Å²) >= 11 is 0. The number of hydrogen-bond acceptors (Lipinski definition) is 5. The Morgan fingerprint density at radius 2 is 1.64 bits per heavy atom. The molecular weight excluding hydrogens is 352 g/mol. The summed E-state index contributed by atoms with van der Waals surface area (Å²) in [6.07, 6.45) is 0. The average molecular weight is 376 g/mol. The van der Waals surface area contributed by atoms with Crippen LogP contribution in [0.1, 0.15) is 32.9 Å². The quantitative estimate of drug-likeness (QED) is 0.674. The Bertz CT molecular complexity index is 1010. The van der Waals surface area contributed by atoms with Gasteiger partial charge in [-0.2, -0.15) is 0 Å². The highest BCUT2D eigenvalue weighted by Gasteiger charge is 2.14. The molecule has 0 aliphatic carbocycles. The molecule has 0 spiro atoms. The molecule has 0 aliphatic rings. The molecule has 0 radical (unpaired) electrons. The molecule has 0 saturated carbocycles. The van der Waals surface area contributed by atoms with E-state index in [0.717, 1.165) is 28.1 Å². The molecule has 1 aromatic heterocycles. The third-order valence-corrected chi connectivity index (χ3v) is 4.36. The summed E-state index contributed by atoms with van der Waals surface area (Å²) < 4.78 is 5.34. The highest BCUT2D eigenvalue weighted by Crippen LogP contribution is 2.26. The Hall–Kier alpha value is -3.41. The summed E-state index contributed by atoms with van der Waals surface area (Å²) in [7, 11) is 1.60. The van der Waals surface area contributed by atoms with Crippen LogP contribution < -0.4 is 15.4 Å². The van der Waals surface area contributed by atoms with Crippen molar-refractivity contribution in [1.29, 1.82) is 0 Å². The lowest BCUT2D eigenvalue weighted by atomic mass is 10.0. The van der Waals surface area contributed by atoms with Crippen LogP contribution in [0.25, 0.3) is 0 Å². The molecule has 0 fully saturated rings. The first-order valence-corrected chi connectivity index (χ1v) is 9.02. The van der Waals surface area contributed by atoms with E-state index in [-0.39, 0.29) is 5.91 Å². The van der Waals surface area contributed by atoms with Crippen LogP contribution >= 0.6 is 0 Å². The van der Waals surface area contributed by atoms with Gasteiger partial charge in [0, 0.05) is 11.4 Å². The van der Waals surface area contributed by atoms with Gasteiger partial charge < -0.3 is 15.4 Å². The normalized spacial score (nSPS) is 10.5. The fraction of sp³-hybridized carbons (Fsp3) is 0.227. The van der Waals surface area contributed by atoms with E-state index in [4.69, 9.17) is 4.74 Å². The lowest BCUT2D eigenvalue weighted by Crippen LogP contribution is -2.17. The molecule has 0 aliphatic heterocycles. The van der Waals surface area contributed by atoms with E-state index in [0.29, 0.717) is 23.1 Å². The van der Waals surface area contributed by atoms with Crippen molar-refractivity contribution in [2.75, 3.05) is 17.7 Å². The predicted molar refractivity (Wildman–Crippen MR) is 112 cm³/mol. The third kappa shape index (κ3) is 4.28. The van der Waals surface area contributed by atoms with Gasteiger partial charge in [0.05, 0.1) is 12.8 Å². The van der Waals surface area contributed by atoms with Gasteiger partial charge >= 0.3 is 0 Å². The Labute approximate surface area is 165 Å². The minimum absolute atomic E-state index is 0.274. The zero-order chi connectivity index (χ0) is 20.3. The molecule has 6 nitrogen and oxygen atoms in total. The first-order chi connectivity index (χ1) is 13.4. The van der Waals surface area contributed by atoms with Crippen molar-refractivity contribution in [1.82, 2.24) is 9.97 Å². The van der Waals surface area contributed by atoms with Gasteiger partial charge in [0.2, 0.25) is 5.95 Å². The van der Waals surface area contributed by atoms with Crippen LogP contribution in [0.3, 0.4) is 0 Å².